The fraction of sp³-hybridized carbons (Fsp3) is 0.167. The third-order valence-corrected chi connectivity index (χ3v) is 2.89. The SMILES string of the molecule is CO.COC(=O)c1nc(Br)cnc1N.Nc1ncc(Br)nc1C(=O)O.[Li+].[OH-]. The van der Waals surface area contributed by atoms with Crippen molar-refractivity contribution < 1.29 is 48.9 Å². The molecule has 0 aliphatic carbocycles. The number of carboxylic acids is 1. The third kappa shape index (κ3) is 10.2. The van der Waals surface area contributed by atoms with E-state index in [1.54, 1.807) is 0 Å². The first-order valence-corrected chi connectivity index (χ1v) is 7.67. The van der Waals surface area contributed by atoms with Crippen LogP contribution in [0.4, 0.5) is 11.6 Å². The van der Waals surface area contributed by atoms with E-state index in [2.05, 4.69) is 56.5 Å². The Kier molecular flexibility index (Phi) is 16.9. The maximum atomic E-state index is 11.0. The van der Waals surface area contributed by atoms with Gasteiger partial charge in [0.15, 0.2) is 23.0 Å². The third-order valence-electron chi connectivity index (χ3n) is 2.12. The van der Waals surface area contributed by atoms with Crippen LogP contribution in [-0.4, -0.2) is 61.8 Å². The predicted octanol–water partition coefficient (Wildman–Crippen LogP) is -2.44. The second-order valence-electron chi connectivity index (χ2n) is 3.65. The maximum Gasteiger partial charge on any atom is 1.00 e. The Bertz CT molecular complexity index is 754. The van der Waals surface area contributed by atoms with Crippen LogP contribution < -0.4 is 30.3 Å². The Morgan fingerprint density at radius 2 is 1.37 bits per heavy atom. The molecule has 2 aromatic heterocycles. The molecule has 0 spiro atoms. The topological polar surface area (TPSA) is 217 Å². The van der Waals surface area contributed by atoms with Crippen molar-refractivity contribution in [3.8, 4) is 0 Å². The molecule has 12 nitrogen and oxygen atoms in total. The zero-order valence-corrected chi connectivity index (χ0v) is 17.6. The number of halogens is 2. The summed E-state index contributed by atoms with van der Waals surface area (Å²) in [6, 6.07) is 0. The van der Waals surface area contributed by atoms with Gasteiger partial charge in [-0.15, -0.1) is 0 Å². The molecule has 7 N–H and O–H groups in total. The number of nitrogens with two attached hydrogens (primary N) is 2. The largest absolute Gasteiger partial charge is 1.00 e. The van der Waals surface area contributed by atoms with Crippen molar-refractivity contribution in [1.29, 1.82) is 0 Å². The number of methoxy groups -OCH3 is 1. The molecule has 0 atom stereocenters. The number of nitrogen functional groups attached to an aromatic ring is 2. The van der Waals surface area contributed by atoms with Gasteiger partial charge in [-0.3, -0.25) is 0 Å². The van der Waals surface area contributed by atoms with Crippen molar-refractivity contribution in [3.63, 3.8) is 0 Å². The molecule has 0 fully saturated rings. The van der Waals surface area contributed by atoms with E-state index in [0.717, 1.165) is 7.11 Å². The monoisotopic (exact) mass is 504 g/mol. The number of carbonyl (C=O) groups is 2. The van der Waals surface area contributed by atoms with Crippen LogP contribution in [0.3, 0.4) is 0 Å². The number of rotatable bonds is 2. The molecule has 0 aromatic carbocycles. The van der Waals surface area contributed by atoms with Crippen LogP contribution in [0.2, 0.25) is 0 Å². The minimum atomic E-state index is -1.18. The molecule has 0 radical (unpaired) electrons. The molecule has 0 saturated heterocycles. The van der Waals surface area contributed by atoms with Gasteiger partial charge < -0.3 is 31.9 Å². The van der Waals surface area contributed by atoms with Gasteiger partial charge in [-0.2, -0.15) is 0 Å². The summed E-state index contributed by atoms with van der Waals surface area (Å²) in [4.78, 5) is 36.0. The summed E-state index contributed by atoms with van der Waals surface area (Å²) >= 11 is 6.03. The average Bonchev–Trinajstić information content (AvgIpc) is 2.60. The van der Waals surface area contributed by atoms with Crippen molar-refractivity contribution >= 4 is 55.4 Å². The van der Waals surface area contributed by atoms with Crippen LogP contribution in [0.25, 0.3) is 0 Å². The summed E-state index contributed by atoms with van der Waals surface area (Å²) in [5, 5.41) is 15.5. The number of nitrogens with zero attached hydrogens (tertiary/aromatic N) is 4. The molecule has 15 heteroatoms. The average molecular weight is 506 g/mol. The zero-order valence-electron chi connectivity index (χ0n) is 14.4. The molecular formula is C12H15Br2LiN6O6. The zero-order chi connectivity index (χ0) is 19.6. The standard InChI is InChI=1S/C6H6BrN3O2.C5H4BrN3O2.CH4O.Li.H2O/c1-12-6(11)4-5(8)9-2-3(7)10-4;6-2-1-8-4(7)3(9-2)5(10)11;1-2;;/h2H,1H3,(H2,8,9);1H,(H2,7,8)(H,10,11);2H,1H3;;1H2/q;;;+1;/p-1. The first-order valence-electron chi connectivity index (χ1n) is 6.08. The number of ether oxygens (including phenoxy) is 1. The number of aliphatic hydroxyl groups excluding tert-OH is 1. The smallest absolute Gasteiger partial charge is 0.870 e. The van der Waals surface area contributed by atoms with Gasteiger partial charge in [-0.25, -0.2) is 29.5 Å². The fourth-order valence-corrected chi connectivity index (χ4v) is 1.72. The molecule has 0 unspecified atom stereocenters. The van der Waals surface area contributed by atoms with Crippen LogP contribution in [0.1, 0.15) is 21.0 Å². The number of hydrogen-bond acceptors (Lipinski definition) is 11. The molecule has 0 aliphatic rings. The number of hydrogen-bond donors (Lipinski definition) is 4. The van der Waals surface area contributed by atoms with Gasteiger partial charge in [-0.1, -0.05) is 0 Å². The first-order chi connectivity index (χ1) is 11.8. The number of esters is 1. The molecule has 2 heterocycles. The van der Waals surface area contributed by atoms with Crippen LogP contribution in [0, 0.1) is 0 Å². The van der Waals surface area contributed by atoms with Crippen LogP contribution in [-0.2, 0) is 4.74 Å². The van der Waals surface area contributed by atoms with E-state index in [4.69, 9.17) is 21.7 Å². The maximum absolute atomic E-state index is 11.0. The minimum absolute atomic E-state index is 0. The van der Waals surface area contributed by atoms with Gasteiger partial charge in [0.05, 0.1) is 19.5 Å². The summed E-state index contributed by atoms with van der Waals surface area (Å²) in [6.45, 7) is 0. The Labute approximate surface area is 182 Å². The van der Waals surface area contributed by atoms with Crippen LogP contribution in [0.15, 0.2) is 21.6 Å². The normalized spacial score (nSPS) is 8.33. The van der Waals surface area contributed by atoms with Gasteiger partial charge in [0.2, 0.25) is 0 Å². The number of aromatic nitrogens is 4. The van der Waals surface area contributed by atoms with Crippen molar-refractivity contribution in [2.24, 2.45) is 0 Å². The van der Waals surface area contributed by atoms with E-state index in [1.165, 1.54) is 19.5 Å². The number of anilines is 2. The van der Waals surface area contributed by atoms with Gasteiger partial charge >= 0.3 is 30.8 Å². The predicted molar refractivity (Wildman–Crippen MR) is 96.7 cm³/mol. The van der Waals surface area contributed by atoms with Gasteiger partial charge in [0.25, 0.3) is 0 Å². The molecule has 0 saturated carbocycles. The summed E-state index contributed by atoms with van der Waals surface area (Å²) in [5.41, 5.74) is 10.4. The van der Waals surface area contributed by atoms with Gasteiger partial charge in [0, 0.05) is 7.11 Å². The Morgan fingerprint density at radius 1 is 1.00 bits per heavy atom. The van der Waals surface area contributed by atoms with Gasteiger partial charge in [0.1, 0.15) is 9.21 Å². The van der Waals surface area contributed by atoms with Crippen LogP contribution in [0.5, 0.6) is 0 Å². The summed E-state index contributed by atoms with van der Waals surface area (Å²) in [5.74, 6) is -1.80. The molecule has 27 heavy (non-hydrogen) atoms. The number of aromatic carboxylic acids is 1. The number of carbonyl (C=O) groups excluding carboxylic acids is 1. The quantitative estimate of drug-likeness (QED) is 0.247. The van der Waals surface area contributed by atoms with E-state index < -0.39 is 11.9 Å². The first kappa shape index (κ1) is 29.9. The summed E-state index contributed by atoms with van der Waals surface area (Å²) in [6.07, 6.45) is 2.74. The number of aliphatic hydroxyl groups is 1. The van der Waals surface area contributed by atoms with E-state index in [0.29, 0.717) is 9.21 Å². The summed E-state index contributed by atoms with van der Waals surface area (Å²) < 4.78 is 5.22. The van der Waals surface area contributed by atoms with Crippen molar-refractivity contribution in [1.82, 2.24) is 19.9 Å². The fourth-order valence-electron chi connectivity index (χ4n) is 1.16. The van der Waals surface area contributed by atoms with E-state index in [9.17, 15) is 9.59 Å². The molecule has 2 rings (SSSR count). The second-order valence-corrected chi connectivity index (χ2v) is 5.27. The Morgan fingerprint density at radius 3 is 1.70 bits per heavy atom. The second kappa shape index (κ2) is 15.3. The molecular weight excluding hydrogens is 491 g/mol. The Balaban J connectivity index is -0.000000367. The Hall–Kier alpha value is -1.82. The van der Waals surface area contributed by atoms with Crippen molar-refractivity contribution in [2.45, 2.75) is 0 Å². The van der Waals surface area contributed by atoms with E-state index >= 15 is 0 Å². The van der Waals surface area contributed by atoms with E-state index in [1.807, 2.05) is 0 Å². The van der Waals surface area contributed by atoms with E-state index in [-0.39, 0.29) is 47.4 Å². The molecule has 0 amide bonds. The van der Waals surface area contributed by atoms with Crippen molar-refractivity contribution in [3.05, 3.63) is 33.0 Å². The summed E-state index contributed by atoms with van der Waals surface area (Å²) in [7, 11) is 2.25. The van der Waals surface area contributed by atoms with Gasteiger partial charge in [-0.05, 0) is 31.9 Å². The number of carboxylic acid groups (broad SMARTS) is 1. The minimum Gasteiger partial charge on any atom is -0.870 e. The molecule has 0 aliphatic heterocycles. The molecule has 144 valence electrons. The van der Waals surface area contributed by atoms with Crippen LogP contribution >= 0.6 is 31.9 Å². The molecule has 0 bridgehead atoms. The molecule has 2 aromatic rings. The van der Waals surface area contributed by atoms with Crippen molar-refractivity contribution in [2.75, 3.05) is 25.7 Å².